The first-order valence-electron chi connectivity index (χ1n) is 9.57. The van der Waals surface area contributed by atoms with Crippen LogP contribution in [0.15, 0.2) is 42.0 Å². The van der Waals surface area contributed by atoms with Crippen molar-refractivity contribution in [1.29, 1.82) is 0 Å². The molecule has 0 unspecified atom stereocenters. The van der Waals surface area contributed by atoms with E-state index < -0.39 is 5.97 Å². The number of hydrogen-bond acceptors (Lipinski definition) is 1. The second kappa shape index (κ2) is 6.57. The second-order valence-corrected chi connectivity index (χ2v) is 9.13. The zero-order chi connectivity index (χ0) is 19.1. The molecule has 0 radical (unpaired) electrons. The van der Waals surface area contributed by atoms with Gasteiger partial charge in [-0.3, -0.25) is 0 Å². The van der Waals surface area contributed by atoms with Crippen LogP contribution in [0, 0.1) is 0 Å². The molecule has 1 N–H and O–H groups in total. The summed E-state index contributed by atoms with van der Waals surface area (Å²) in [5, 5.41) is 8.82. The van der Waals surface area contributed by atoms with Crippen LogP contribution in [0.3, 0.4) is 0 Å². The first-order chi connectivity index (χ1) is 12.1. The highest BCUT2D eigenvalue weighted by Gasteiger charge is 2.42. The average molecular weight is 351 g/mol. The van der Waals surface area contributed by atoms with Crippen LogP contribution in [0.1, 0.15) is 76.1 Å². The summed E-state index contributed by atoms with van der Waals surface area (Å²) in [5.41, 5.74) is 8.47. The summed E-state index contributed by atoms with van der Waals surface area (Å²) in [6.07, 6.45) is 11.9. The summed E-state index contributed by atoms with van der Waals surface area (Å²) in [4.78, 5) is 10.7. The Labute approximate surface area is 157 Å². The van der Waals surface area contributed by atoms with E-state index in [9.17, 15) is 4.79 Å². The first-order valence-corrected chi connectivity index (χ1v) is 9.57. The number of carboxylic acid groups (broad SMARTS) is 1. The van der Waals surface area contributed by atoms with Crippen LogP contribution in [-0.4, -0.2) is 11.1 Å². The zero-order valence-corrected chi connectivity index (χ0v) is 16.6. The molecular weight excluding hydrogens is 320 g/mol. The molecule has 2 heteroatoms. The quantitative estimate of drug-likeness (QED) is 0.540. The van der Waals surface area contributed by atoms with E-state index in [0.29, 0.717) is 0 Å². The van der Waals surface area contributed by atoms with Crippen molar-refractivity contribution in [3.63, 3.8) is 0 Å². The van der Waals surface area contributed by atoms with E-state index in [0.717, 1.165) is 18.4 Å². The third-order valence-corrected chi connectivity index (χ3v) is 5.83. The third-order valence-electron chi connectivity index (χ3n) is 5.83. The van der Waals surface area contributed by atoms with Crippen molar-refractivity contribution >= 4 is 11.5 Å². The van der Waals surface area contributed by atoms with Crippen molar-refractivity contribution in [3.05, 3.63) is 64.3 Å². The smallest absolute Gasteiger partial charge is 0.328 e. The van der Waals surface area contributed by atoms with Crippen LogP contribution in [-0.2, 0) is 22.0 Å². The monoisotopic (exact) mass is 350 g/mol. The lowest BCUT2D eigenvalue weighted by atomic mass is 9.80. The van der Waals surface area contributed by atoms with Gasteiger partial charge in [0.15, 0.2) is 0 Å². The van der Waals surface area contributed by atoms with Crippen molar-refractivity contribution in [1.82, 2.24) is 0 Å². The lowest BCUT2D eigenvalue weighted by Crippen LogP contribution is -2.18. The number of carboxylic acids is 1. The molecule has 0 aromatic heterocycles. The van der Waals surface area contributed by atoms with E-state index in [1.807, 2.05) is 19.1 Å². The Balaban J connectivity index is 2.00. The molecule has 3 rings (SSSR count). The van der Waals surface area contributed by atoms with Gasteiger partial charge in [-0.15, -0.1) is 0 Å². The molecule has 1 aromatic carbocycles. The highest BCUT2D eigenvalue weighted by atomic mass is 16.4. The molecule has 0 aliphatic heterocycles. The molecule has 0 saturated carbocycles. The minimum Gasteiger partial charge on any atom is -0.478 e. The van der Waals surface area contributed by atoms with Gasteiger partial charge in [0, 0.05) is 6.08 Å². The van der Waals surface area contributed by atoms with Crippen molar-refractivity contribution < 1.29 is 9.90 Å². The largest absolute Gasteiger partial charge is 0.478 e. The normalized spacial score (nSPS) is 22.5. The molecule has 2 nitrogen and oxygen atoms in total. The maximum Gasteiger partial charge on any atom is 0.328 e. The van der Waals surface area contributed by atoms with Gasteiger partial charge in [0.1, 0.15) is 0 Å². The average Bonchev–Trinajstić information content (AvgIpc) is 2.69. The van der Waals surface area contributed by atoms with Crippen LogP contribution in [0.4, 0.5) is 0 Å². The molecule has 0 saturated heterocycles. The van der Waals surface area contributed by atoms with Gasteiger partial charge >= 0.3 is 5.97 Å². The fraction of sp³-hybridized carbons (Fsp3) is 0.458. The zero-order valence-electron chi connectivity index (χ0n) is 16.6. The van der Waals surface area contributed by atoms with E-state index in [4.69, 9.17) is 5.11 Å². The second-order valence-electron chi connectivity index (χ2n) is 9.13. The highest BCUT2D eigenvalue weighted by Crippen LogP contribution is 2.51. The van der Waals surface area contributed by atoms with E-state index in [1.54, 1.807) is 0 Å². The number of rotatable bonds is 3. The van der Waals surface area contributed by atoms with Crippen LogP contribution in [0.2, 0.25) is 0 Å². The lowest BCUT2D eigenvalue weighted by molar-refractivity contribution is -0.131. The topological polar surface area (TPSA) is 37.3 Å². The molecule has 0 spiro atoms. The summed E-state index contributed by atoms with van der Waals surface area (Å²) < 4.78 is 0. The Kier molecular flexibility index (Phi) is 4.72. The van der Waals surface area contributed by atoms with Gasteiger partial charge in [-0.05, 0) is 76.8 Å². The minimum atomic E-state index is -0.900. The van der Waals surface area contributed by atoms with Gasteiger partial charge in [0.2, 0.25) is 0 Å². The number of fused-ring (bicyclic) bond motifs is 2. The number of aliphatic carboxylic acids is 1. The number of hydrogen-bond donors (Lipinski definition) is 1. The van der Waals surface area contributed by atoms with Crippen LogP contribution >= 0.6 is 0 Å². The standard InChI is InChI=1S/C24H30O2/c1-16(12-22(25)26)8-6-9-17-10-7-11-18-13-20-21(14-19(17)18)24(4,5)15-23(20,2)3/h6,8-9,12-14H,7,10-11,15H2,1-5H3,(H,25,26). The van der Waals surface area contributed by atoms with Crippen LogP contribution in [0.5, 0.6) is 0 Å². The first kappa shape index (κ1) is 18.7. The van der Waals surface area contributed by atoms with E-state index in [2.05, 4.69) is 45.9 Å². The lowest BCUT2D eigenvalue weighted by Gasteiger charge is -2.25. The Morgan fingerprint density at radius 1 is 1.08 bits per heavy atom. The van der Waals surface area contributed by atoms with E-state index in [1.165, 1.54) is 46.7 Å². The summed E-state index contributed by atoms with van der Waals surface area (Å²) in [5.74, 6) is -0.900. The Hall–Kier alpha value is -2.09. The van der Waals surface area contributed by atoms with Gasteiger partial charge in [-0.2, -0.15) is 0 Å². The van der Waals surface area contributed by atoms with Crippen LogP contribution < -0.4 is 0 Å². The van der Waals surface area contributed by atoms with E-state index >= 15 is 0 Å². The van der Waals surface area contributed by atoms with Crippen molar-refractivity contribution in [2.45, 2.75) is 71.1 Å². The van der Waals surface area contributed by atoms with Gasteiger partial charge in [0.25, 0.3) is 0 Å². The summed E-state index contributed by atoms with van der Waals surface area (Å²) in [6, 6.07) is 4.91. The molecule has 0 fully saturated rings. The maximum atomic E-state index is 10.7. The summed E-state index contributed by atoms with van der Waals surface area (Å²) in [6.45, 7) is 11.3. The maximum absolute atomic E-state index is 10.7. The van der Waals surface area contributed by atoms with Gasteiger partial charge in [-0.25, -0.2) is 4.79 Å². The predicted octanol–water partition coefficient (Wildman–Crippen LogP) is 5.95. The Morgan fingerprint density at radius 3 is 2.38 bits per heavy atom. The fourth-order valence-electron chi connectivity index (χ4n) is 4.90. The summed E-state index contributed by atoms with van der Waals surface area (Å²) in [7, 11) is 0. The molecule has 1 aromatic rings. The molecule has 0 bridgehead atoms. The van der Waals surface area contributed by atoms with Crippen molar-refractivity contribution in [2.24, 2.45) is 0 Å². The molecule has 2 aliphatic carbocycles. The fourth-order valence-corrected chi connectivity index (χ4v) is 4.90. The molecule has 0 atom stereocenters. The van der Waals surface area contributed by atoms with Gasteiger partial charge in [0.05, 0.1) is 0 Å². The minimum absolute atomic E-state index is 0.215. The Bertz CT molecular complexity index is 832. The highest BCUT2D eigenvalue weighted by molar-refractivity contribution is 5.81. The van der Waals surface area contributed by atoms with Gasteiger partial charge in [-0.1, -0.05) is 58.1 Å². The predicted molar refractivity (Wildman–Crippen MR) is 109 cm³/mol. The molecule has 26 heavy (non-hydrogen) atoms. The third kappa shape index (κ3) is 3.56. The molecule has 138 valence electrons. The van der Waals surface area contributed by atoms with Crippen molar-refractivity contribution in [3.8, 4) is 0 Å². The number of allylic oxidation sites excluding steroid dienone is 5. The Morgan fingerprint density at radius 2 is 1.73 bits per heavy atom. The van der Waals surface area contributed by atoms with Crippen LogP contribution in [0.25, 0.3) is 5.57 Å². The SMILES string of the molecule is CC(C=CC=C1CCCc2cc3c(cc21)C(C)(C)CC3(C)C)=CC(=O)O. The van der Waals surface area contributed by atoms with E-state index in [-0.39, 0.29) is 10.8 Å². The van der Waals surface area contributed by atoms with Gasteiger partial charge < -0.3 is 5.11 Å². The molecular formula is C24H30O2. The number of aryl methyl sites for hydroxylation is 1. The molecule has 0 heterocycles. The van der Waals surface area contributed by atoms with Crippen molar-refractivity contribution in [2.75, 3.05) is 0 Å². The molecule has 2 aliphatic rings. The number of carbonyl (C=O) groups is 1. The summed E-state index contributed by atoms with van der Waals surface area (Å²) >= 11 is 0. The molecule has 0 amide bonds. The number of benzene rings is 1.